The Kier molecular flexibility index (Phi) is 6.06. The van der Waals surface area contributed by atoms with Gasteiger partial charge in [0.25, 0.3) is 5.91 Å². The number of halogens is 2. The normalized spacial score (nSPS) is 11.5. The van der Waals surface area contributed by atoms with Crippen LogP contribution in [0.25, 0.3) is 0 Å². The minimum atomic E-state index is -0.791. The Morgan fingerprint density at radius 3 is 2.38 bits per heavy atom. The summed E-state index contributed by atoms with van der Waals surface area (Å²) in [4.78, 5) is 23.5. The maximum Gasteiger partial charge on any atom is 0.337 e. The first kappa shape index (κ1) is 18.1. The number of methoxy groups -OCH3 is 1. The van der Waals surface area contributed by atoms with Gasteiger partial charge in [-0.05, 0) is 43.3 Å². The van der Waals surface area contributed by atoms with Crippen LogP contribution in [0.1, 0.15) is 17.3 Å². The van der Waals surface area contributed by atoms with Crippen LogP contribution < -0.4 is 10.1 Å². The monoisotopic (exact) mass is 367 g/mol. The zero-order chi connectivity index (χ0) is 17.7. The van der Waals surface area contributed by atoms with Gasteiger partial charge in [-0.15, -0.1) is 0 Å². The predicted octanol–water partition coefficient (Wildman–Crippen LogP) is 4.19. The van der Waals surface area contributed by atoms with Crippen LogP contribution in [0.3, 0.4) is 0 Å². The molecule has 1 N–H and O–H groups in total. The van der Waals surface area contributed by atoms with E-state index in [1.54, 1.807) is 49.4 Å². The van der Waals surface area contributed by atoms with Crippen molar-refractivity contribution in [1.82, 2.24) is 0 Å². The van der Waals surface area contributed by atoms with E-state index in [2.05, 4.69) is 10.1 Å². The van der Waals surface area contributed by atoms with Crippen molar-refractivity contribution < 1.29 is 19.1 Å². The molecule has 0 unspecified atom stereocenters. The Hall–Kier alpha value is -2.24. The molecule has 0 spiro atoms. The largest absolute Gasteiger partial charge is 0.479 e. The van der Waals surface area contributed by atoms with Crippen LogP contribution in [0, 0.1) is 0 Å². The third-order valence-corrected chi connectivity index (χ3v) is 3.69. The van der Waals surface area contributed by atoms with Crippen LogP contribution in [0.4, 0.5) is 5.69 Å². The molecule has 0 aromatic heterocycles. The van der Waals surface area contributed by atoms with E-state index in [0.29, 0.717) is 27.0 Å². The number of carbonyl (C=O) groups is 2. The number of rotatable bonds is 5. The number of amides is 1. The van der Waals surface area contributed by atoms with E-state index in [-0.39, 0.29) is 5.91 Å². The highest BCUT2D eigenvalue weighted by molar-refractivity contribution is 6.34. The number of ether oxygens (including phenoxy) is 2. The van der Waals surface area contributed by atoms with Gasteiger partial charge < -0.3 is 14.8 Å². The molecule has 0 aliphatic heterocycles. The Morgan fingerprint density at radius 1 is 1.08 bits per heavy atom. The number of carbonyl (C=O) groups excluding carboxylic acids is 2. The molecule has 0 aliphatic carbocycles. The first-order chi connectivity index (χ1) is 11.4. The molecule has 7 heteroatoms. The van der Waals surface area contributed by atoms with Crippen LogP contribution >= 0.6 is 23.2 Å². The smallest absolute Gasteiger partial charge is 0.337 e. The Balaban J connectivity index is 2.01. The zero-order valence-electron chi connectivity index (χ0n) is 13.0. The van der Waals surface area contributed by atoms with E-state index in [4.69, 9.17) is 27.9 Å². The summed E-state index contributed by atoms with van der Waals surface area (Å²) < 4.78 is 10.1. The number of esters is 1. The molecule has 5 nitrogen and oxygen atoms in total. The van der Waals surface area contributed by atoms with Gasteiger partial charge >= 0.3 is 5.97 Å². The topological polar surface area (TPSA) is 64.6 Å². The first-order valence-corrected chi connectivity index (χ1v) is 7.77. The van der Waals surface area contributed by atoms with Crippen LogP contribution in [-0.2, 0) is 9.53 Å². The Morgan fingerprint density at radius 2 is 1.75 bits per heavy atom. The molecule has 1 amide bonds. The van der Waals surface area contributed by atoms with Crippen molar-refractivity contribution in [3.05, 3.63) is 58.1 Å². The van der Waals surface area contributed by atoms with Gasteiger partial charge in [-0.1, -0.05) is 23.2 Å². The molecular weight excluding hydrogens is 353 g/mol. The number of hydrogen-bond acceptors (Lipinski definition) is 4. The van der Waals surface area contributed by atoms with E-state index in [1.807, 2.05) is 0 Å². The minimum absolute atomic E-state index is 0.327. The number of hydrogen-bond donors (Lipinski definition) is 1. The molecule has 2 aromatic rings. The third-order valence-electron chi connectivity index (χ3n) is 3.14. The van der Waals surface area contributed by atoms with Crippen molar-refractivity contribution in [2.75, 3.05) is 12.4 Å². The van der Waals surface area contributed by atoms with Crippen molar-refractivity contribution in [1.29, 1.82) is 0 Å². The van der Waals surface area contributed by atoms with E-state index in [0.717, 1.165) is 0 Å². The fraction of sp³-hybridized carbons (Fsp3) is 0.176. The summed E-state index contributed by atoms with van der Waals surface area (Å²) in [6.07, 6.45) is -0.791. The van der Waals surface area contributed by atoms with Gasteiger partial charge in [0.05, 0.1) is 17.7 Å². The Labute approximate surface area is 149 Å². The minimum Gasteiger partial charge on any atom is -0.479 e. The lowest BCUT2D eigenvalue weighted by Gasteiger charge is -2.16. The Bertz CT molecular complexity index is 747. The fourth-order valence-electron chi connectivity index (χ4n) is 1.86. The molecule has 24 heavy (non-hydrogen) atoms. The summed E-state index contributed by atoms with van der Waals surface area (Å²) in [5.74, 6) is -0.482. The van der Waals surface area contributed by atoms with E-state index >= 15 is 0 Å². The van der Waals surface area contributed by atoms with Crippen molar-refractivity contribution in [2.45, 2.75) is 13.0 Å². The average Bonchev–Trinajstić information content (AvgIpc) is 2.58. The van der Waals surface area contributed by atoms with Gasteiger partial charge in [-0.25, -0.2) is 4.79 Å². The summed E-state index contributed by atoms with van der Waals surface area (Å²) in [5, 5.41) is 3.51. The van der Waals surface area contributed by atoms with Crippen molar-refractivity contribution in [2.24, 2.45) is 0 Å². The van der Waals surface area contributed by atoms with Crippen LogP contribution in [0.15, 0.2) is 42.5 Å². The maximum atomic E-state index is 12.2. The highest BCUT2D eigenvalue weighted by Gasteiger charge is 2.17. The van der Waals surface area contributed by atoms with Crippen molar-refractivity contribution >= 4 is 40.8 Å². The molecule has 0 aliphatic rings. The molecule has 126 valence electrons. The van der Waals surface area contributed by atoms with Crippen molar-refractivity contribution in [3.63, 3.8) is 0 Å². The average molecular weight is 368 g/mol. The summed E-state index contributed by atoms with van der Waals surface area (Å²) in [6, 6.07) is 11.1. The van der Waals surface area contributed by atoms with Crippen molar-refractivity contribution in [3.8, 4) is 5.75 Å². The zero-order valence-corrected chi connectivity index (χ0v) is 14.5. The van der Waals surface area contributed by atoms with Gasteiger partial charge in [0, 0.05) is 16.8 Å². The van der Waals surface area contributed by atoms with E-state index in [9.17, 15) is 9.59 Å². The summed E-state index contributed by atoms with van der Waals surface area (Å²) in [7, 11) is 1.30. The fourth-order valence-corrected chi connectivity index (χ4v) is 2.19. The van der Waals surface area contributed by atoms with Crippen LogP contribution in [0.2, 0.25) is 10.0 Å². The molecule has 0 saturated heterocycles. The second-order valence-electron chi connectivity index (χ2n) is 4.89. The summed E-state index contributed by atoms with van der Waals surface area (Å²) >= 11 is 11.9. The summed E-state index contributed by atoms with van der Waals surface area (Å²) in [5.41, 5.74) is 0.922. The SMILES string of the molecule is COC(=O)c1ccc(NC(=O)[C@@H](C)Oc2cc(Cl)ccc2Cl)cc1. The highest BCUT2D eigenvalue weighted by atomic mass is 35.5. The second-order valence-corrected chi connectivity index (χ2v) is 5.74. The molecule has 0 bridgehead atoms. The molecule has 1 atom stereocenters. The third kappa shape index (κ3) is 4.63. The summed E-state index contributed by atoms with van der Waals surface area (Å²) in [6.45, 7) is 1.59. The van der Waals surface area contributed by atoms with Gasteiger partial charge in [0.2, 0.25) is 0 Å². The van der Waals surface area contributed by atoms with Crippen LogP contribution in [0.5, 0.6) is 5.75 Å². The lowest BCUT2D eigenvalue weighted by atomic mass is 10.2. The van der Waals surface area contributed by atoms with Gasteiger partial charge in [-0.2, -0.15) is 0 Å². The molecular formula is C17H15Cl2NO4. The second kappa shape index (κ2) is 8.04. The standard InChI is InChI=1S/C17H15Cl2NO4/c1-10(24-15-9-12(18)5-8-14(15)19)16(21)20-13-6-3-11(4-7-13)17(22)23-2/h3-10H,1-2H3,(H,20,21)/t10-/m1/s1. The maximum absolute atomic E-state index is 12.2. The number of nitrogens with one attached hydrogen (secondary N) is 1. The van der Waals surface area contributed by atoms with Gasteiger partial charge in [0.1, 0.15) is 5.75 Å². The quantitative estimate of drug-likeness (QED) is 0.804. The predicted molar refractivity (Wildman–Crippen MR) is 93.0 cm³/mol. The number of benzene rings is 2. The van der Waals surface area contributed by atoms with E-state index in [1.165, 1.54) is 7.11 Å². The molecule has 2 aromatic carbocycles. The van der Waals surface area contributed by atoms with Crippen LogP contribution in [-0.4, -0.2) is 25.1 Å². The van der Waals surface area contributed by atoms with E-state index < -0.39 is 12.1 Å². The highest BCUT2D eigenvalue weighted by Crippen LogP contribution is 2.28. The first-order valence-electron chi connectivity index (χ1n) is 7.01. The molecule has 2 rings (SSSR count). The van der Waals surface area contributed by atoms with Gasteiger partial charge in [-0.3, -0.25) is 4.79 Å². The molecule has 0 heterocycles. The lowest BCUT2D eigenvalue weighted by Crippen LogP contribution is -2.30. The van der Waals surface area contributed by atoms with Gasteiger partial charge in [0.15, 0.2) is 6.10 Å². The number of anilines is 1. The lowest BCUT2D eigenvalue weighted by molar-refractivity contribution is -0.122. The molecule has 0 radical (unpaired) electrons. The molecule has 0 fully saturated rings. The molecule has 0 saturated carbocycles.